The van der Waals surface area contributed by atoms with E-state index in [9.17, 15) is 0 Å². The maximum absolute atomic E-state index is 5.51. The molecule has 2 bridgehead atoms. The molecule has 2 nitrogen and oxygen atoms in total. The first-order valence-corrected chi connectivity index (χ1v) is 8.66. The molecule has 2 aliphatic carbocycles. The molecule has 3 heteroatoms. The molecule has 1 aromatic rings. The van der Waals surface area contributed by atoms with Crippen molar-refractivity contribution < 1.29 is 0 Å². The van der Waals surface area contributed by atoms with Crippen LogP contribution in [0.3, 0.4) is 0 Å². The van der Waals surface area contributed by atoms with Gasteiger partial charge < -0.3 is 10.6 Å². The molecule has 0 spiro atoms. The molecule has 0 saturated heterocycles. The molecule has 0 unspecified atom stereocenters. The molecule has 1 aromatic carbocycles. The lowest BCUT2D eigenvalue weighted by molar-refractivity contribution is 0.278. The normalized spacial score (nSPS) is 29.9. The highest BCUT2D eigenvalue weighted by Gasteiger charge is 2.41. The Morgan fingerprint density at radius 1 is 1.10 bits per heavy atom. The second-order valence-corrected chi connectivity index (χ2v) is 7.29. The van der Waals surface area contributed by atoms with E-state index < -0.39 is 0 Å². The molecule has 0 aliphatic heterocycles. The molecular formula is C18H26N2S. The summed E-state index contributed by atoms with van der Waals surface area (Å²) in [4.78, 5) is 0. The van der Waals surface area contributed by atoms with Gasteiger partial charge in [-0.25, -0.2) is 0 Å². The summed E-state index contributed by atoms with van der Waals surface area (Å²) >= 11 is 5.51. The number of rotatable bonds is 4. The fourth-order valence-electron chi connectivity index (χ4n) is 4.28. The SMILES string of the molecule is C[C@@H](NC(=S)N[C@H](C)[C@@H]1C[C@@H]2CC[C@@H]1C2)c1ccccc1. The lowest BCUT2D eigenvalue weighted by Gasteiger charge is -2.30. The van der Waals surface area contributed by atoms with Crippen molar-refractivity contribution in [2.24, 2.45) is 17.8 Å². The van der Waals surface area contributed by atoms with Crippen LogP contribution in [-0.2, 0) is 0 Å². The molecule has 0 heterocycles. The Morgan fingerprint density at radius 3 is 2.48 bits per heavy atom. The molecule has 5 atom stereocenters. The first-order valence-electron chi connectivity index (χ1n) is 8.25. The van der Waals surface area contributed by atoms with Crippen molar-refractivity contribution in [3.63, 3.8) is 0 Å². The van der Waals surface area contributed by atoms with Crippen molar-refractivity contribution in [2.75, 3.05) is 0 Å². The lowest BCUT2D eigenvalue weighted by Crippen LogP contribution is -2.45. The largest absolute Gasteiger partial charge is 0.360 e. The smallest absolute Gasteiger partial charge is 0.166 e. The highest BCUT2D eigenvalue weighted by molar-refractivity contribution is 7.80. The summed E-state index contributed by atoms with van der Waals surface area (Å²) < 4.78 is 0. The van der Waals surface area contributed by atoms with Gasteiger partial charge in [0.2, 0.25) is 0 Å². The Morgan fingerprint density at radius 2 is 1.86 bits per heavy atom. The Labute approximate surface area is 133 Å². The van der Waals surface area contributed by atoms with Crippen LogP contribution in [0.2, 0.25) is 0 Å². The Hall–Kier alpha value is -1.09. The van der Waals surface area contributed by atoms with Gasteiger partial charge in [-0.15, -0.1) is 0 Å². The molecule has 2 aliphatic rings. The molecule has 114 valence electrons. The fraction of sp³-hybridized carbons (Fsp3) is 0.611. The monoisotopic (exact) mass is 302 g/mol. The van der Waals surface area contributed by atoms with Crippen molar-refractivity contribution >= 4 is 17.3 Å². The van der Waals surface area contributed by atoms with Crippen LogP contribution in [0.25, 0.3) is 0 Å². The average molecular weight is 302 g/mol. The van der Waals surface area contributed by atoms with Gasteiger partial charge in [-0.05, 0) is 68.6 Å². The molecule has 2 N–H and O–H groups in total. The van der Waals surface area contributed by atoms with Gasteiger partial charge in [0.25, 0.3) is 0 Å². The highest BCUT2D eigenvalue weighted by atomic mass is 32.1. The fourth-order valence-corrected chi connectivity index (χ4v) is 4.65. The Kier molecular flexibility index (Phi) is 4.48. The zero-order chi connectivity index (χ0) is 14.8. The highest BCUT2D eigenvalue weighted by Crippen LogP contribution is 2.49. The lowest BCUT2D eigenvalue weighted by atomic mass is 9.84. The Bertz CT molecular complexity index is 487. The van der Waals surface area contributed by atoms with Crippen LogP contribution < -0.4 is 10.6 Å². The minimum absolute atomic E-state index is 0.249. The van der Waals surface area contributed by atoms with Gasteiger partial charge in [0.1, 0.15) is 0 Å². The summed E-state index contributed by atoms with van der Waals surface area (Å²) in [6.07, 6.45) is 5.75. The zero-order valence-electron chi connectivity index (χ0n) is 13.0. The standard InChI is InChI=1S/C18H26N2S/c1-12(15-6-4-3-5-7-15)19-18(21)20-13(2)17-11-14-8-9-16(17)10-14/h3-7,12-14,16-17H,8-11H2,1-2H3,(H2,19,20,21)/t12-,13-,14-,16-,17+/m1/s1. The van der Waals surface area contributed by atoms with Crippen LogP contribution in [0.4, 0.5) is 0 Å². The van der Waals surface area contributed by atoms with Crippen molar-refractivity contribution in [3.05, 3.63) is 35.9 Å². The number of nitrogens with one attached hydrogen (secondary N) is 2. The van der Waals surface area contributed by atoms with E-state index in [-0.39, 0.29) is 6.04 Å². The maximum atomic E-state index is 5.51. The predicted molar refractivity (Wildman–Crippen MR) is 92.1 cm³/mol. The van der Waals surface area contributed by atoms with Crippen LogP contribution in [0, 0.1) is 17.8 Å². The number of benzene rings is 1. The summed E-state index contributed by atoms with van der Waals surface area (Å²) in [5.74, 6) is 2.75. The number of hydrogen-bond donors (Lipinski definition) is 2. The third kappa shape index (κ3) is 3.39. The van der Waals surface area contributed by atoms with E-state index in [0.717, 1.165) is 22.9 Å². The second kappa shape index (κ2) is 6.35. The topological polar surface area (TPSA) is 24.1 Å². The van der Waals surface area contributed by atoms with E-state index in [1.54, 1.807) is 0 Å². The molecule has 2 fully saturated rings. The summed E-state index contributed by atoms with van der Waals surface area (Å²) in [7, 11) is 0. The van der Waals surface area contributed by atoms with Crippen LogP contribution in [0.1, 0.15) is 51.1 Å². The predicted octanol–water partition coefficient (Wildman–Crippen LogP) is 4.04. The zero-order valence-corrected chi connectivity index (χ0v) is 13.8. The van der Waals surface area contributed by atoms with Gasteiger partial charge in [0, 0.05) is 6.04 Å². The maximum Gasteiger partial charge on any atom is 0.166 e. The van der Waals surface area contributed by atoms with E-state index in [0.29, 0.717) is 6.04 Å². The van der Waals surface area contributed by atoms with E-state index in [1.807, 2.05) is 6.07 Å². The van der Waals surface area contributed by atoms with E-state index in [2.05, 4.69) is 48.7 Å². The first-order chi connectivity index (χ1) is 10.1. The first kappa shape index (κ1) is 14.8. The molecular weight excluding hydrogens is 276 g/mol. The number of fused-ring (bicyclic) bond motifs is 2. The van der Waals surface area contributed by atoms with Crippen LogP contribution >= 0.6 is 12.2 Å². The van der Waals surface area contributed by atoms with Gasteiger partial charge in [-0.2, -0.15) is 0 Å². The van der Waals surface area contributed by atoms with Gasteiger partial charge in [-0.1, -0.05) is 36.8 Å². The van der Waals surface area contributed by atoms with Gasteiger partial charge in [0.05, 0.1) is 6.04 Å². The molecule has 0 radical (unpaired) electrons. The summed E-state index contributed by atoms with van der Waals surface area (Å²) in [5, 5.41) is 7.74. The summed E-state index contributed by atoms with van der Waals surface area (Å²) in [6, 6.07) is 11.2. The molecule has 3 rings (SSSR count). The summed E-state index contributed by atoms with van der Waals surface area (Å²) in [5.41, 5.74) is 1.27. The molecule has 0 amide bonds. The van der Waals surface area contributed by atoms with Crippen molar-refractivity contribution in [1.29, 1.82) is 0 Å². The van der Waals surface area contributed by atoms with Crippen molar-refractivity contribution in [2.45, 2.75) is 51.6 Å². The third-order valence-corrected chi connectivity index (χ3v) is 5.68. The number of thiocarbonyl (C=S) groups is 1. The van der Waals surface area contributed by atoms with E-state index in [4.69, 9.17) is 12.2 Å². The summed E-state index contributed by atoms with van der Waals surface area (Å²) in [6.45, 7) is 4.46. The quantitative estimate of drug-likeness (QED) is 0.821. The van der Waals surface area contributed by atoms with E-state index >= 15 is 0 Å². The minimum atomic E-state index is 0.249. The minimum Gasteiger partial charge on any atom is -0.360 e. The van der Waals surface area contributed by atoms with Gasteiger partial charge in [0.15, 0.2) is 5.11 Å². The van der Waals surface area contributed by atoms with Crippen LogP contribution in [0.15, 0.2) is 30.3 Å². The molecule has 2 saturated carbocycles. The third-order valence-electron chi connectivity index (χ3n) is 5.44. The van der Waals surface area contributed by atoms with Crippen LogP contribution in [0.5, 0.6) is 0 Å². The molecule has 21 heavy (non-hydrogen) atoms. The average Bonchev–Trinajstić information content (AvgIpc) is 3.10. The van der Waals surface area contributed by atoms with Crippen molar-refractivity contribution in [3.8, 4) is 0 Å². The molecule has 0 aromatic heterocycles. The van der Waals surface area contributed by atoms with E-state index in [1.165, 1.54) is 31.2 Å². The van der Waals surface area contributed by atoms with Gasteiger partial charge >= 0.3 is 0 Å². The second-order valence-electron chi connectivity index (χ2n) is 6.88. The number of hydrogen-bond acceptors (Lipinski definition) is 1. The van der Waals surface area contributed by atoms with Gasteiger partial charge in [-0.3, -0.25) is 0 Å². The van der Waals surface area contributed by atoms with Crippen LogP contribution in [-0.4, -0.2) is 11.2 Å². The Balaban J connectivity index is 1.50. The van der Waals surface area contributed by atoms with Crippen molar-refractivity contribution in [1.82, 2.24) is 10.6 Å².